The zero-order valence-electron chi connectivity index (χ0n) is 19.2. The van der Waals surface area contributed by atoms with Crippen molar-refractivity contribution in [3.05, 3.63) is 35.5 Å². The van der Waals surface area contributed by atoms with Gasteiger partial charge in [0.25, 0.3) is 5.91 Å². The highest BCUT2D eigenvalue weighted by Gasteiger charge is 2.28. The van der Waals surface area contributed by atoms with Crippen LogP contribution in [-0.4, -0.2) is 72.8 Å². The molecule has 1 aromatic heterocycles. The second-order valence-electron chi connectivity index (χ2n) is 8.73. The summed E-state index contributed by atoms with van der Waals surface area (Å²) in [6.45, 7) is 3.16. The molecule has 6 N–H and O–H groups in total. The highest BCUT2D eigenvalue weighted by atomic mass is 32.1. The molecule has 0 aliphatic carbocycles. The number of rotatable bonds is 7. The van der Waals surface area contributed by atoms with E-state index in [-0.39, 0.29) is 27.3 Å². The van der Waals surface area contributed by atoms with E-state index in [9.17, 15) is 13.6 Å². The van der Waals surface area contributed by atoms with E-state index in [1.165, 1.54) is 6.07 Å². The normalized spacial score (nSPS) is 20.1. The van der Waals surface area contributed by atoms with Gasteiger partial charge in [-0.2, -0.15) is 0 Å². The van der Waals surface area contributed by atoms with Gasteiger partial charge in [0.15, 0.2) is 5.69 Å². The fraction of sp³-hybridized carbons (Fsp3) is 0.478. The smallest absolute Gasteiger partial charge is 0.273 e. The number of amides is 1. The fourth-order valence-electron chi connectivity index (χ4n) is 4.05. The van der Waals surface area contributed by atoms with Gasteiger partial charge in [-0.3, -0.25) is 9.79 Å². The van der Waals surface area contributed by atoms with E-state index in [2.05, 4.69) is 15.2 Å². The molecule has 0 radical (unpaired) electrons. The number of carbonyl (C=O) groups is 1. The van der Waals surface area contributed by atoms with E-state index in [0.29, 0.717) is 44.6 Å². The molecular weight excluding hydrogens is 476 g/mol. The maximum Gasteiger partial charge on any atom is 0.273 e. The Morgan fingerprint density at radius 3 is 2.74 bits per heavy atom. The number of amidine groups is 1. The molecule has 4 rings (SSSR count). The number of ether oxygens (including phenoxy) is 1. The maximum atomic E-state index is 14.2. The fourth-order valence-corrected chi connectivity index (χ4v) is 4.93. The van der Waals surface area contributed by atoms with E-state index in [0.717, 1.165) is 48.9 Å². The highest BCUT2D eigenvalue weighted by molar-refractivity contribution is 7.19. The van der Waals surface area contributed by atoms with Crippen LogP contribution in [0.5, 0.6) is 0 Å². The zero-order chi connectivity index (χ0) is 24.9. The number of hydrogen-bond acceptors (Lipinski definition) is 8. The lowest BCUT2D eigenvalue weighted by Crippen LogP contribution is -2.50. The van der Waals surface area contributed by atoms with Gasteiger partial charge in [-0.05, 0) is 31.4 Å². The van der Waals surface area contributed by atoms with E-state index < -0.39 is 23.6 Å². The van der Waals surface area contributed by atoms with Crippen molar-refractivity contribution in [2.75, 3.05) is 38.6 Å². The van der Waals surface area contributed by atoms with E-state index in [1.54, 1.807) is 0 Å². The van der Waals surface area contributed by atoms with Gasteiger partial charge >= 0.3 is 0 Å². The minimum atomic E-state index is -0.826. The average Bonchev–Trinajstić information content (AvgIpc) is 3.04. The number of carbonyl (C=O) groups excluding carboxylic acids is 1. The summed E-state index contributed by atoms with van der Waals surface area (Å²) in [5, 5.41) is 10.8. The van der Waals surface area contributed by atoms with Crippen LogP contribution in [0.25, 0.3) is 10.6 Å². The predicted molar refractivity (Wildman–Crippen MR) is 132 cm³/mol. The first-order valence-electron chi connectivity index (χ1n) is 11.5. The summed E-state index contributed by atoms with van der Waals surface area (Å²) in [6, 6.07) is 2.75. The van der Waals surface area contributed by atoms with Crippen LogP contribution in [0.2, 0.25) is 0 Å². The molecule has 2 aliphatic heterocycles. The number of nitrogens with one attached hydrogen (secondary N) is 2. The third kappa shape index (κ3) is 5.82. The Morgan fingerprint density at radius 1 is 1.34 bits per heavy atom. The second kappa shape index (κ2) is 11.2. The Hall–Kier alpha value is -2.96. The molecule has 12 heteroatoms. The molecule has 3 heterocycles. The Labute approximate surface area is 206 Å². The average molecular weight is 506 g/mol. The molecule has 2 unspecified atom stereocenters. The number of halogens is 2. The van der Waals surface area contributed by atoms with E-state index in [1.807, 2.05) is 0 Å². The standard InChI is InChI=1S/C23H29F2N7O2S/c24-15-4-1-5-16(25)18(15)23-31-19(20(28)35-23)22(33)30-17(9-26)21(29-10-13-11-34-12-13)32-7-2-3-14(27)6-8-32/h1,4-5,9,13-14,17,26H,2-3,6-8,10-12,27-28H2,(H,30,33). The number of nitrogen functional groups attached to an aromatic ring is 1. The maximum absolute atomic E-state index is 14.2. The first-order valence-corrected chi connectivity index (χ1v) is 12.3. The van der Waals surface area contributed by atoms with Crippen LogP contribution in [0, 0.1) is 23.0 Å². The molecule has 2 fully saturated rings. The lowest BCUT2D eigenvalue weighted by Gasteiger charge is -2.30. The molecule has 0 saturated carbocycles. The number of aliphatic imine (C=N–C) groups is 1. The van der Waals surface area contributed by atoms with Crippen molar-refractivity contribution >= 4 is 34.3 Å². The van der Waals surface area contributed by atoms with E-state index in [4.69, 9.17) is 26.6 Å². The number of thiazole rings is 1. The summed E-state index contributed by atoms with van der Waals surface area (Å²) in [6.07, 6.45) is 3.66. The topological polar surface area (TPSA) is 143 Å². The lowest BCUT2D eigenvalue weighted by atomic mass is 10.1. The number of aromatic nitrogens is 1. The number of likely N-dealkylation sites (tertiary alicyclic amines) is 1. The van der Waals surface area contributed by atoms with Gasteiger partial charge in [0, 0.05) is 37.8 Å². The van der Waals surface area contributed by atoms with Gasteiger partial charge in [0.2, 0.25) is 0 Å². The van der Waals surface area contributed by atoms with Crippen LogP contribution in [-0.2, 0) is 4.74 Å². The zero-order valence-corrected chi connectivity index (χ0v) is 20.0. The van der Waals surface area contributed by atoms with Crippen LogP contribution in [0.3, 0.4) is 0 Å². The number of benzene rings is 1. The molecular formula is C23H29F2N7O2S. The van der Waals surface area contributed by atoms with Crippen molar-refractivity contribution in [1.29, 1.82) is 5.41 Å². The summed E-state index contributed by atoms with van der Waals surface area (Å²) in [5.74, 6) is -1.37. The van der Waals surface area contributed by atoms with Crippen molar-refractivity contribution in [1.82, 2.24) is 15.2 Å². The quantitative estimate of drug-likeness (QED) is 0.336. The van der Waals surface area contributed by atoms with Gasteiger partial charge < -0.3 is 31.8 Å². The van der Waals surface area contributed by atoms with Gasteiger partial charge in [-0.1, -0.05) is 17.4 Å². The number of nitrogens with two attached hydrogens (primary N) is 2. The first-order chi connectivity index (χ1) is 16.9. The Morgan fingerprint density at radius 2 is 2.09 bits per heavy atom. The predicted octanol–water partition coefficient (Wildman–Crippen LogP) is 2.28. The Kier molecular flexibility index (Phi) is 8.04. The summed E-state index contributed by atoms with van der Waals surface area (Å²) in [5.41, 5.74) is 11.6. The molecule has 0 spiro atoms. The van der Waals surface area contributed by atoms with Gasteiger partial charge in [0.05, 0.1) is 18.8 Å². The molecule has 1 amide bonds. The first kappa shape index (κ1) is 25.1. The van der Waals surface area contributed by atoms with Crippen molar-refractivity contribution in [2.45, 2.75) is 31.3 Å². The van der Waals surface area contributed by atoms with Crippen molar-refractivity contribution < 1.29 is 18.3 Å². The minimum Gasteiger partial charge on any atom is -0.389 e. The van der Waals surface area contributed by atoms with Crippen LogP contribution in [0.4, 0.5) is 13.8 Å². The third-order valence-corrected chi connectivity index (χ3v) is 6.99. The lowest BCUT2D eigenvalue weighted by molar-refractivity contribution is -0.0266. The van der Waals surface area contributed by atoms with Crippen molar-refractivity contribution in [3.8, 4) is 10.6 Å². The van der Waals surface area contributed by atoms with Crippen molar-refractivity contribution in [2.24, 2.45) is 16.6 Å². The summed E-state index contributed by atoms with van der Waals surface area (Å²) in [4.78, 5) is 24.1. The van der Waals surface area contributed by atoms with Gasteiger partial charge in [-0.15, -0.1) is 0 Å². The van der Waals surface area contributed by atoms with Gasteiger partial charge in [0.1, 0.15) is 33.5 Å². The third-order valence-electron chi connectivity index (χ3n) is 6.09. The van der Waals surface area contributed by atoms with E-state index >= 15 is 0 Å². The number of hydrogen-bond donors (Lipinski definition) is 4. The SMILES string of the molecule is N=CC(NC(=O)c1nc(-c2c(F)cccc2F)sc1N)C(=NCC1COC1)N1CCCC(N)CC1. The van der Waals surface area contributed by atoms with Gasteiger partial charge in [-0.25, -0.2) is 13.8 Å². The molecule has 188 valence electrons. The number of anilines is 1. The second-order valence-corrected chi connectivity index (χ2v) is 9.76. The minimum absolute atomic E-state index is 0.0229. The van der Waals surface area contributed by atoms with Crippen LogP contribution in [0.1, 0.15) is 29.8 Å². The molecule has 2 saturated heterocycles. The molecule has 1 aromatic carbocycles. The van der Waals surface area contributed by atoms with Crippen LogP contribution < -0.4 is 16.8 Å². The molecule has 9 nitrogen and oxygen atoms in total. The molecule has 35 heavy (non-hydrogen) atoms. The molecule has 2 aliphatic rings. The Bertz CT molecular complexity index is 1090. The van der Waals surface area contributed by atoms with Crippen LogP contribution >= 0.6 is 11.3 Å². The summed E-state index contributed by atoms with van der Waals surface area (Å²) in [7, 11) is 0. The molecule has 2 atom stereocenters. The summed E-state index contributed by atoms with van der Waals surface area (Å²) >= 11 is 0.823. The molecule has 0 bridgehead atoms. The van der Waals surface area contributed by atoms with Crippen molar-refractivity contribution in [3.63, 3.8) is 0 Å². The van der Waals surface area contributed by atoms with Crippen LogP contribution in [0.15, 0.2) is 23.2 Å². The monoisotopic (exact) mass is 505 g/mol. The number of nitrogens with zero attached hydrogens (tertiary/aromatic N) is 3. The largest absolute Gasteiger partial charge is 0.389 e. The highest BCUT2D eigenvalue weighted by Crippen LogP contribution is 2.33. The Balaban J connectivity index is 1.56. The summed E-state index contributed by atoms with van der Waals surface area (Å²) < 4.78 is 33.7. The molecule has 2 aromatic rings.